The van der Waals surface area contributed by atoms with Crippen LogP contribution in [-0.4, -0.2) is 38.9 Å². The van der Waals surface area contributed by atoms with Gasteiger partial charge in [-0.3, -0.25) is 9.98 Å². The fourth-order valence-corrected chi connectivity index (χ4v) is 1.99. The minimum Gasteiger partial charge on any atom is -0.329 e. The van der Waals surface area contributed by atoms with E-state index in [1.807, 2.05) is 24.8 Å². The van der Waals surface area contributed by atoms with Gasteiger partial charge in [0, 0.05) is 19.2 Å². The molecule has 0 aromatic heterocycles. The van der Waals surface area contributed by atoms with Crippen LogP contribution in [-0.2, 0) is 0 Å². The lowest BCUT2D eigenvalue weighted by Gasteiger charge is -2.22. The second kappa shape index (κ2) is 3.96. The second-order valence-electron chi connectivity index (χ2n) is 3.83. The van der Waals surface area contributed by atoms with Crippen LogP contribution in [0.4, 0.5) is 11.4 Å². The molecule has 0 saturated carbocycles. The summed E-state index contributed by atoms with van der Waals surface area (Å²) in [5.41, 5.74) is 2.26. The van der Waals surface area contributed by atoms with E-state index in [4.69, 9.17) is 0 Å². The number of para-hydroxylation sites is 1. The number of hydrogen-bond donors (Lipinski definition) is 0. The number of benzene rings is 1. The van der Waals surface area contributed by atoms with E-state index in [1.54, 1.807) is 0 Å². The summed E-state index contributed by atoms with van der Waals surface area (Å²) < 4.78 is 0. The highest BCUT2D eigenvalue weighted by Crippen LogP contribution is 2.28. The van der Waals surface area contributed by atoms with Crippen molar-refractivity contribution in [2.75, 3.05) is 36.0 Å². The van der Waals surface area contributed by atoms with E-state index in [-0.39, 0.29) is 0 Å². The zero-order chi connectivity index (χ0) is 10.8. The summed E-state index contributed by atoms with van der Waals surface area (Å²) in [7, 11) is 0. The third-order valence-corrected chi connectivity index (χ3v) is 2.79. The molecule has 2 heterocycles. The van der Waals surface area contributed by atoms with Crippen LogP contribution in [0.25, 0.3) is 0 Å². The summed E-state index contributed by atoms with van der Waals surface area (Å²) in [4.78, 5) is 12.8. The molecule has 4 heteroatoms. The van der Waals surface area contributed by atoms with Gasteiger partial charge < -0.3 is 9.80 Å². The molecule has 0 fully saturated rings. The maximum Gasteiger partial charge on any atom is 0.0896 e. The Kier molecular flexibility index (Phi) is 2.33. The van der Waals surface area contributed by atoms with E-state index in [9.17, 15) is 0 Å². The molecule has 16 heavy (non-hydrogen) atoms. The Hall–Kier alpha value is -1.84. The highest BCUT2D eigenvalue weighted by Gasteiger charge is 2.17. The van der Waals surface area contributed by atoms with Gasteiger partial charge in [-0.25, -0.2) is 0 Å². The number of anilines is 2. The van der Waals surface area contributed by atoms with Crippen LogP contribution in [0.15, 0.2) is 28.2 Å². The lowest BCUT2D eigenvalue weighted by molar-refractivity contribution is 0.999. The third-order valence-electron chi connectivity index (χ3n) is 2.79. The molecule has 3 rings (SSSR count). The molecule has 0 N–H and O–H groups in total. The van der Waals surface area contributed by atoms with E-state index in [1.165, 1.54) is 0 Å². The van der Waals surface area contributed by atoms with Gasteiger partial charge in [0.05, 0.1) is 37.1 Å². The lowest BCUT2D eigenvalue weighted by Crippen LogP contribution is -2.24. The molecule has 1 aromatic rings. The van der Waals surface area contributed by atoms with Crippen molar-refractivity contribution in [3.8, 4) is 0 Å². The van der Waals surface area contributed by atoms with Gasteiger partial charge >= 0.3 is 0 Å². The Morgan fingerprint density at radius 1 is 1.06 bits per heavy atom. The number of nitrogens with zero attached hydrogens (tertiary/aromatic N) is 4. The van der Waals surface area contributed by atoms with Crippen molar-refractivity contribution in [1.29, 1.82) is 0 Å². The van der Waals surface area contributed by atoms with Gasteiger partial charge in [0.25, 0.3) is 0 Å². The molecule has 0 amide bonds. The zero-order valence-electron chi connectivity index (χ0n) is 9.00. The van der Waals surface area contributed by atoms with E-state index in [2.05, 4.69) is 31.9 Å². The summed E-state index contributed by atoms with van der Waals surface area (Å²) >= 11 is 0. The number of aliphatic imine (C=N–C) groups is 2. The Balaban J connectivity index is 1.96. The van der Waals surface area contributed by atoms with Gasteiger partial charge in [-0.1, -0.05) is 12.1 Å². The van der Waals surface area contributed by atoms with Gasteiger partial charge in [0.1, 0.15) is 0 Å². The molecule has 0 bridgehead atoms. The van der Waals surface area contributed by atoms with Gasteiger partial charge in [-0.15, -0.1) is 0 Å². The quantitative estimate of drug-likeness (QED) is 0.738. The van der Waals surface area contributed by atoms with Crippen molar-refractivity contribution < 1.29 is 0 Å². The fraction of sp³-hybridized carbons (Fsp3) is 0.333. The van der Waals surface area contributed by atoms with Crippen LogP contribution in [0.2, 0.25) is 0 Å². The molecule has 0 unspecified atom stereocenters. The van der Waals surface area contributed by atoms with Crippen molar-refractivity contribution in [2.45, 2.75) is 0 Å². The van der Waals surface area contributed by atoms with Gasteiger partial charge in [0.15, 0.2) is 0 Å². The first-order chi connectivity index (χ1) is 7.95. The van der Waals surface area contributed by atoms with Crippen LogP contribution >= 0.6 is 0 Å². The predicted molar refractivity (Wildman–Crippen MR) is 66.7 cm³/mol. The highest BCUT2D eigenvalue weighted by molar-refractivity contribution is 5.93. The Bertz CT molecular complexity index is 397. The molecular weight excluding hydrogens is 200 g/mol. The van der Waals surface area contributed by atoms with Crippen molar-refractivity contribution >= 4 is 24.1 Å². The van der Waals surface area contributed by atoms with Gasteiger partial charge in [0.2, 0.25) is 0 Å². The van der Waals surface area contributed by atoms with Crippen LogP contribution in [0.5, 0.6) is 0 Å². The molecule has 0 atom stereocenters. The molecule has 81 valence electrons. The van der Waals surface area contributed by atoms with E-state index in [0.717, 1.165) is 37.6 Å². The van der Waals surface area contributed by atoms with E-state index < -0.39 is 0 Å². The van der Waals surface area contributed by atoms with Crippen LogP contribution in [0, 0.1) is 6.07 Å². The molecular formula is C12H13N4. The Morgan fingerprint density at radius 3 is 2.50 bits per heavy atom. The first-order valence-electron chi connectivity index (χ1n) is 5.49. The van der Waals surface area contributed by atoms with Gasteiger partial charge in [-0.05, 0) is 6.07 Å². The summed E-state index contributed by atoms with van der Waals surface area (Å²) in [6.07, 6.45) is 3.79. The first kappa shape index (κ1) is 9.39. The average Bonchev–Trinajstić information content (AvgIpc) is 3.03. The normalized spacial score (nSPS) is 18.8. The summed E-state index contributed by atoms with van der Waals surface area (Å²) in [5, 5.41) is 0. The van der Waals surface area contributed by atoms with Crippen LogP contribution in [0.3, 0.4) is 0 Å². The molecule has 2 aliphatic heterocycles. The summed E-state index contributed by atoms with van der Waals surface area (Å²) in [5.74, 6) is 0. The molecule has 4 nitrogen and oxygen atoms in total. The smallest absolute Gasteiger partial charge is 0.0896 e. The SMILES string of the molecule is [c]1cccc(N2C=NCC2)c1N1C=NCC1. The molecule has 2 aliphatic rings. The fourth-order valence-electron chi connectivity index (χ4n) is 1.99. The van der Waals surface area contributed by atoms with Crippen molar-refractivity contribution in [3.05, 3.63) is 24.3 Å². The molecule has 1 aromatic carbocycles. The number of hydrogen-bond acceptors (Lipinski definition) is 4. The van der Waals surface area contributed by atoms with E-state index in [0.29, 0.717) is 0 Å². The molecule has 0 spiro atoms. The van der Waals surface area contributed by atoms with Crippen molar-refractivity contribution in [2.24, 2.45) is 9.98 Å². The first-order valence-corrected chi connectivity index (χ1v) is 5.49. The summed E-state index contributed by atoms with van der Waals surface area (Å²) in [6, 6.07) is 9.35. The standard InChI is InChI=1S/C12H13N4/c1-2-4-12(16-8-6-14-10-16)11(3-1)15-7-5-13-9-15/h1-3,9-10H,5-8H2. The van der Waals surface area contributed by atoms with Crippen molar-refractivity contribution in [1.82, 2.24) is 0 Å². The number of rotatable bonds is 2. The average molecular weight is 213 g/mol. The highest BCUT2D eigenvalue weighted by atomic mass is 15.3. The van der Waals surface area contributed by atoms with E-state index >= 15 is 0 Å². The third kappa shape index (κ3) is 1.56. The maximum absolute atomic E-state index is 4.24. The topological polar surface area (TPSA) is 31.2 Å². The Morgan fingerprint density at radius 2 is 1.81 bits per heavy atom. The predicted octanol–water partition coefficient (Wildman–Crippen LogP) is 1.18. The molecule has 0 saturated heterocycles. The second-order valence-corrected chi connectivity index (χ2v) is 3.83. The van der Waals surface area contributed by atoms with Crippen molar-refractivity contribution in [3.63, 3.8) is 0 Å². The van der Waals surface area contributed by atoms with Crippen LogP contribution < -0.4 is 9.80 Å². The minimum absolute atomic E-state index is 0.871. The lowest BCUT2D eigenvalue weighted by atomic mass is 10.2. The molecule has 0 aliphatic carbocycles. The monoisotopic (exact) mass is 213 g/mol. The minimum atomic E-state index is 0.871. The largest absolute Gasteiger partial charge is 0.329 e. The summed E-state index contributed by atoms with van der Waals surface area (Å²) in [6.45, 7) is 3.65. The van der Waals surface area contributed by atoms with Crippen LogP contribution in [0.1, 0.15) is 0 Å². The zero-order valence-corrected chi connectivity index (χ0v) is 9.00. The van der Waals surface area contributed by atoms with Gasteiger partial charge in [-0.2, -0.15) is 0 Å². The molecule has 1 radical (unpaired) electrons. The Labute approximate surface area is 94.9 Å². The maximum atomic E-state index is 4.24.